The average molecular weight is 683 g/mol. The maximum atomic E-state index is 14.8. The van der Waals surface area contributed by atoms with Gasteiger partial charge in [-0.15, -0.1) is 6.58 Å². The van der Waals surface area contributed by atoms with Crippen LogP contribution in [0, 0.1) is 35.0 Å². The number of benzene rings is 4. The second kappa shape index (κ2) is 18.9. The molecule has 0 radical (unpaired) electrons. The molecule has 4 rings (SSSR count). The summed E-state index contributed by atoms with van der Waals surface area (Å²) in [7, 11) is 0. The molecule has 0 aliphatic carbocycles. The summed E-state index contributed by atoms with van der Waals surface area (Å²) in [6, 6.07) is 15.6. The van der Waals surface area contributed by atoms with E-state index < -0.39 is 29.1 Å². The Kier molecular flexibility index (Phi) is 14.4. The first kappa shape index (κ1) is 37.3. The maximum absolute atomic E-state index is 14.8. The van der Waals surface area contributed by atoms with Crippen LogP contribution in [0.25, 0.3) is 22.3 Å². The molecule has 49 heavy (non-hydrogen) atoms. The molecule has 0 bridgehead atoms. The lowest BCUT2D eigenvalue weighted by Gasteiger charge is -2.15. The van der Waals surface area contributed by atoms with Crippen LogP contribution in [-0.2, 0) is 0 Å². The van der Waals surface area contributed by atoms with E-state index in [9.17, 15) is 22.0 Å². The Labute approximate surface area is 285 Å². The molecule has 0 saturated carbocycles. The van der Waals surface area contributed by atoms with Gasteiger partial charge in [0.15, 0.2) is 23.1 Å². The SMILES string of the molecule is C=CCC(CCCCOc1ccc(-c2ccc(OCC)c(F)c2)c(F)c1)CCCCOc1ccc(-c2ccc(OCC)c(F)c2F)c(F)c1. The fraction of sp³-hybridized carbons (Fsp3) is 0.350. The smallest absolute Gasteiger partial charge is 0.201 e. The predicted molar refractivity (Wildman–Crippen MR) is 183 cm³/mol. The quantitative estimate of drug-likeness (QED) is 0.0528. The summed E-state index contributed by atoms with van der Waals surface area (Å²) in [5.74, 6) is -2.96. The van der Waals surface area contributed by atoms with Gasteiger partial charge in [-0.1, -0.05) is 25.0 Å². The number of hydrogen-bond donors (Lipinski definition) is 0. The molecule has 0 aliphatic heterocycles. The highest BCUT2D eigenvalue weighted by Gasteiger charge is 2.18. The number of allylic oxidation sites excluding steroid dienone is 1. The normalized spacial score (nSPS) is 11.7. The third kappa shape index (κ3) is 10.5. The lowest BCUT2D eigenvalue weighted by Crippen LogP contribution is -2.04. The minimum atomic E-state index is -1.17. The second-order valence-electron chi connectivity index (χ2n) is 11.6. The van der Waals surface area contributed by atoms with Crippen LogP contribution in [-0.4, -0.2) is 26.4 Å². The molecule has 4 aromatic carbocycles. The van der Waals surface area contributed by atoms with E-state index in [1.165, 1.54) is 42.5 Å². The molecule has 0 saturated heterocycles. The third-order valence-corrected chi connectivity index (χ3v) is 8.11. The number of hydrogen-bond acceptors (Lipinski definition) is 4. The van der Waals surface area contributed by atoms with Crippen LogP contribution < -0.4 is 18.9 Å². The molecule has 262 valence electrons. The van der Waals surface area contributed by atoms with Gasteiger partial charge in [0.1, 0.15) is 23.1 Å². The summed E-state index contributed by atoms with van der Waals surface area (Å²) in [5.41, 5.74) is 0.455. The summed E-state index contributed by atoms with van der Waals surface area (Å²) < 4.78 is 94.5. The first-order valence-corrected chi connectivity index (χ1v) is 16.7. The zero-order valence-electron chi connectivity index (χ0n) is 28.0. The van der Waals surface area contributed by atoms with Gasteiger partial charge in [-0.2, -0.15) is 4.39 Å². The molecule has 4 nitrogen and oxygen atoms in total. The first-order valence-electron chi connectivity index (χ1n) is 16.7. The van der Waals surface area contributed by atoms with Gasteiger partial charge < -0.3 is 18.9 Å². The summed E-state index contributed by atoms with van der Waals surface area (Å²) in [6.45, 7) is 8.67. The van der Waals surface area contributed by atoms with Crippen LogP contribution in [0.3, 0.4) is 0 Å². The zero-order valence-corrected chi connectivity index (χ0v) is 28.0. The Morgan fingerprint density at radius 2 is 1.12 bits per heavy atom. The molecule has 0 amide bonds. The van der Waals surface area contributed by atoms with Crippen molar-refractivity contribution < 1.29 is 40.9 Å². The van der Waals surface area contributed by atoms with Gasteiger partial charge in [-0.05, 0) is 106 Å². The Morgan fingerprint density at radius 3 is 1.67 bits per heavy atom. The fourth-order valence-electron chi connectivity index (χ4n) is 5.64. The van der Waals surface area contributed by atoms with Crippen molar-refractivity contribution in [2.45, 2.75) is 58.8 Å². The standard InChI is InChI=1S/C40H43F5O4/c1-4-11-27(12-7-9-22-48-29-15-17-31(34(41)25-29)28-14-20-37(46-5-2)36(43)24-28)13-8-10-23-49-30-16-18-32(35(42)26-30)33-19-21-38(47-6-3)40(45)39(33)44/h4,14-21,24-27H,1,5-13,22-23H2,2-3H3. The van der Waals surface area contributed by atoms with E-state index in [1.54, 1.807) is 38.1 Å². The maximum Gasteiger partial charge on any atom is 0.201 e. The number of rotatable bonds is 20. The van der Waals surface area contributed by atoms with Crippen molar-refractivity contribution >= 4 is 0 Å². The predicted octanol–water partition coefficient (Wildman–Crippen LogP) is 11.5. The molecule has 0 aromatic heterocycles. The Morgan fingerprint density at radius 1 is 0.571 bits per heavy atom. The van der Waals surface area contributed by atoms with Crippen molar-refractivity contribution in [2.75, 3.05) is 26.4 Å². The molecule has 0 spiro atoms. The summed E-state index contributed by atoms with van der Waals surface area (Å²) in [6.07, 6.45) is 8.19. The molecule has 0 heterocycles. The lowest BCUT2D eigenvalue weighted by atomic mass is 9.93. The van der Waals surface area contributed by atoms with Crippen molar-refractivity contribution in [2.24, 2.45) is 5.92 Å². The highest BCUT2D eigenvalue weighted by molar-refractivity contribution is 5.67. The first-order chi connectivity index (χ1) is 23.7. The van der Waals surface area contributed by atoms with Crippen LogP contribution in [0.2, 0.25) is 0 Å². The topological polar surface area (TPSA) is 36.9 Å². The van der Waals surface area contributed by atoms with Gasteiger partial charge in [-0.3, -0.25) is 0 Å². The van der Waals surface area contributed by atoms with Gasteiger partial charge in [0.05, 0.1) is 26.4 Å². The zero-order chi connectivity index (χ0) is 35.2. The summed E-state index contributed by atoms with van der Waals surface area (Å²) >= 11 is 0. The number of halogens is 5. The molecule has 4 aromatic rings. The second-order valence-corrected chi connectivity index (χ2v) is 11.6. The highest BCUT2D eigenvalue weighted by atomic mass is 19.2. The van der Waals surface area contributed by atoms with Crippen molar-refractivity contribution in [3.63, 3.8) is 0 Å². The van der Waals surface area contributed by atoms with Crippen molar-refractivity contribution in [1.29, 1.82) is 0 Å². The van der Waals surface area contributed by atoms with Crippen LogP contribution in [0.4, 0.5) is 22.0 Å². The largest absolute Gasteiger partial charge is 0.493 e. The van der Waals surface area contributed by atoms with Crippen molar-refractivity contribution in [3.8, 4) is 45.3 Å². The van der Waals surface area contributed by atoms with Crippen LogP contribution in [0.1, 0.15) is 58.8 Å². The Bertz CT molecular complexity index is 1680. The van der Waals surface area contributed by atoms with E-state index in [2.05, 4.69) is 6.58 Å². The monoisotopic (exact) mass is 682 g/mol. The molecular formula is C40H43F5O4. The van der Waals surface area contributed by atoms with E-state index >= 15 is 0 Å². The average Bonchev–Trinajstić information content (AvgIpc) is 3.08. The van der Waals surface area contributed by atoms with Crippen LogP contribution >= 0.6 is 0 Å². The molecule has 1 unspecified atom stereocenters. The van der Waals surface area contributed by atoms with E-state index in [1.807, 2.05) is 6.08 Å². The van der Waals surface area contributed by atoms with Crippen molar-refractivity contribution in [1.82, 2.24) is 0 Å². The summed E-state index contributed by atoms with van der Waals surface area (Å²) in [4.78, 5) is 0. The number of unbranched alkanes of at least 4 members (excludes halogenated alkanes) is 2. The lowest BCUT2D eigenvalue weighted by molar-refractivity contribution is 0.285. The van der Waals surface area contributed by atoms with E-state index in [-0.39, 0.29) is 34.8 Å². The van der Waals surface area contributed by atoms with E-state index in [0.29, 0.717) is 42.8 Å². The number of ether oxygens (including phenoxy) is 4. The Hall–Kier alpha value is -4.53. The molecule has 0 N–H and O–H groups in total. The Balaban J connectivity index is 1.16. The molecule has 0 aliphatic rings. The van der Waals surface area contributed by atoms with E-state index in [0.717, 1.165) is 44.9 Å². The molecule has 9 heteroatoms. The van der Waals surface area contributed by atoms with Gasteiger partial charge in [0, 0.05) is 28.8 Å². The molecule has 0 fully saturated rings. The minimum absolute atomic E-state index is 0.0626. The minimum Gasteiger partial charge on any atom is -0.493 e. The van der Waals surface area contributed by atoms with Crippen LogP contribution in [0.5, 0.6) is 23.0 Å². The van der Waals surface area contributed by atoms with Gasteiger partial charge in [-0.25, -0.2) is 17.6 Å². The van der Waals surface area contributed by atoms with E-state index in [4.69, 9.17) is 18.9 Å². The molecule has 1 atom stereocenters. The highest BCUT2D eigenvalue weighted by Crippen LogP contribution is 2.33. The van der Waals surface area contributed by atoms with Gasteiger partial charge in [0.25, 0.3) is 0 Å². The van der Waals surface area contributed by atoms with Crippen molar-refractivity contribution in [3.05, 3.63) is 108 Å². The van der Waals surface area contributed by atoms with Crippen LogP contribution in [0.15, 0.2) is 79.4 Å². The van der Waals surface area contributed by atoms with Gasteiger partial charge >= 0.3 is 0 Å². The molecular weight excluding hydrogens is 639 g/mol. The van der Waals surface area contributed by atoms with Gasteiger partial charge in [0.2, 0.25) is 5.82 Å². The third-order valence-electron chi connectivity index (χ3n) is 8.11. The fourth-order valence-corrected chi connectivity index (χ4v) is 5.64. The summed E-state index contributed by atoms with van der Waals surface area (Å²) in [5, 5.41) is 0.